The fraction of sp³-hybridized carbons (Fsp3) is 0.545. The number of aromatic amines is 1. The maximum Gasteiger partial charge on any atom is 0.490 e. The number of hydrogen-bond acceptors (Lipinski definition) is 13. The van der Waals surface area contributed by atoms with E-state index in [1.807, 2.05) is 0 Å². The molecule has 6 atom stereocenters. The minimum absolute atomic E-state index is 0.123. The number of nitrogens with two attached hydrogens (primary N) is 1. The number of fused-ring (bicyclic) bond motifs is 1. The van der Waals surface area contributed by atoms with Gasteiger partial charge >= 0.3 is 23.5 Å². The molecule has 33 heavy (non-hydrogen) atoms. The van der Waals surface area contributed by atoms with Crippen molar-refractivity contribution in [2.75, 3.05) is 12.3 Å². The zero-order valence-electron chi connectivity index (χ0n) is 16.2. The van der Waals surface area contributed by atoms with Crippen molar-refractivity contribution in [2.24, 2.45) is 0 Å². The van der Waals surface area contributed by atoms with Crippen LogP contribution in [0.25, 0.3) is 11.2 Å². The van der Waals surface area contributed by atoms with Crippen LogP contribution in [0.5, 0.6) is 0 Å². The quantitative estimate of drug-likeness (QED) is 0.170. The molecule has 2 aromatic rings. The lowest BCUT2D eigenvalue weighted by Crippen LogP contribution is -2.44. The van der Waals surface area contributed by atoms with E-state index >= 15 is 0 Å². The first-order valence-electron chi connectivity index (χ1n) is 8.48. The maximum atomic E-state index is 11.9. The molecule has 0 aliphatic carbocycles. The second kappa shape index (κ2) is 8.58. The van der Waals surface area contributed by atoms with Crippen LogP contribution in [-0.4, -0.2) is 73.7 Å². The van der Waals surface area contributed by atoms with E-state index in [0.717, 1.165) is 17.8 Å². The molecule has 186 valence electrons. The average Bonchev–Trinajstić information content (AvgIpc) is 3.10. The number of H-pyrrole nitrogens is 1. The van der Waals surface area contributed by atoms with Crippen LogP contribution in [0.4, 0.5) is 5.95 Å². The molecule has 9 N–H and O–H groups in total. The Hall–Kier alpha value is -1.56. The van der Waals surface area contributed by atoms with Gasteiger partial charge in [0.15, 0.2) is 17.4 Å². The summed E-state index contributed by atoms with van der Waals surface area (Å²) in [6.07, 6.45) is -3.78. The van der Waals surface area contributed by atoms with Gasteiger partial charge in [0.1, 0.15) is 17.8 Å². The summed E-state index contributed by atoms with van der Waals surface area (Å²) in [4.78, 5) is 57.6. The molecule has 0 radical (unpaired) electrons. The van der Waals surface area contributed by atoms with Gasteiger partial charge in [-0.3, -0.25) is 18.9 Å². The highest BCUT2D eigenvalue weighted by Gasteiger charge is 2.54. The van der Waals surface area contributed by atoms with Crippen LogP contribution in [0.1, 0.15) is 13.2 Å². The molecule has 0 aromatic carbocycles. The standard InChI is InChI=1S/C11H18N5O14P3/c1-11(19)6(17)4(2-27-32(23,24)30-33(25,26)29-31(20,21)22)28-9(11)16-3-13-5-7(16)14-10(12)15-8(5)18/h3-4,6,9,17,19H,2H2,1H3,(H,23,24)(H,25,26)(H2,20,21,22)(H3,12,14,15,18)/t4?,6?,9-,11-/m1/s1. The largest absolute Gasteiger partial charge is 0.490 e. The zero-order valence-corrected chi connectivity index (χ0v) is 18.9. The van der Waals surface area contributed by atoms with Crippen molar-refractivity contribution in [1.82, 2.24) is 19.5 Å². The molecule has 3 rings (SSSR count). The highest BCUT2D eigenvalue weighted by Crippen LogP contribution is 2.66. The Bertz CT molecular complexity index is 1250. The third-order valence-corrected chi connectivity index (χ3v) is 8.08. The molecule has 1 saturated heterocycles. The van der Waals surface area contributed by atoms with Crippen LogP contribution < -0.4 is 11.3 Å². The second-order valence-corrected chi connectivity index (χ2v) is 11.3. The number of phosphoric ester groups is 1. The third-order valence-electron chi connectivity index (χ3n) is 4.28. The van der Waals surface area contributed by atoms with E-state index in [9.17, 15) is 33.6 Å². The molecule has 3 heterocycles. The van der Waals surface area contributed by atoms with Crippen molar-refractivity contribution in [3.8, 4) is 0 Å². The van der Waals surface area contributed by atoms with E-state index in [1.54, 1.807) is 0 Å². The number of rotatable bonds is 8. The highest BCUT2D eigenvalue weighted by atomic mass is 31.3. The summed E-state index contributed by atoms with van der Waals surface area (Å²) < 4.78 is 52.0. The Morgan fingerprint density at radius 1 is 1.24 bits per heavy atom. The van der Waals surface area contributed by atoms with Gasteiger partial charge in [-0.1, -0.05) is 0 Å². The van der Waals surface area contributed by atoms with Crippen LogP contribution in [0, 0.1) is 0 Å². The minimum Gasteiger partial charge on any atom is -0.387 e. The first-order valence-corrected chi connectivity index (χ1v) is 13.0. The van der Waals surface area contributed by atoms with Crippen molar-refractivity contribution in [1.29, 1.82) is 0 Å². The Balaban J connectivity index is 1.78. The van der Waals surface area contributed by atoms with Gasteiger partial charge in [0.2, 0.25) is 5.95 Å². The number of aliphatic hydroxyl groups is 2. The molecule has 19 nitrogen and oxygen atoms in total. The molecule has 0 saturated carbocycles. The number of aromatic nitrogens is 4. The van der Waals surface area contributed by atoms with Crippen LogP contribution in [-0.2, 0) is 31.6 Å². The SMILES string of the molecule is C[C@@]1(O)C(O)C(COP(=O)(O)OP(=O)(O)OP(=O)(O)O)O[C@H]1n1cnc2c(=O)[nH]c(N)nc21. The van der Waals surface area contributed by atoms with Crippen molar-refractivity contribution in [2.45, 2.75) is 31.0 Å². The number of nitrogen functional groups attached to an aromatic ring is 1. The molecule has 1 fully saturated rings. The number of hydrogen-bond donors (Lipinski definition) is 8. The normalized spacial score (nSPS) is 29.7. The van der Waals surface area contributed by atoms with Gasteiger partial charge in [0.05, 0.1) is 12.9 Å². The minimum atomic E-state index is -5.75. The van der Waals surface area contributed by atoms with Crippen molar-refractivity contribution < 1.29 is 61.4 Å². The summed E-state index contributed by atoms with van der Waals surface area (Å²) in [5, 5.41) is 21.1. The van der Waals surface area contributed by atoms with Crippen LogP contribution in [0.2, 0.25) is 0 Å². The van der Waals surface area contributed by atoms with Crippen LogP contribution >= 0.6 is 23.5 Å². The maximum absolute atomic E-state index is 11.9. The second-order valence-electron chi connectivity index (χ2n) is 6.86. The topological polar surface area (TPSA) is 299 Å². The first-order chi connectivity index (χ1) is 14.9. The molecular weight excluding hydrogens is 519 g/mol. The average molecular weight is 537 g/mol. The summed E-state index contributed by atoms with van der Waals surface area (Å²) in [5.41, 5.74) is 2.40. The van der Waals surface area contributed by atoms with Crippen molar-refractivity contribution >= 4 is 40.6 Å². The van der Waals surface area contributed by atoms with Crippen molar-refractivity contribution in [3.05, 3.63) is 16.7 Å². The number of imidazole rings is 1. The number of phosphoric acid groups is 3. The number of nitrogens with one attached hydrogen (secondary N) is 1. The third kappa shape index (κ3) is 5.75. The van der Waals surface area contributed by atoms with E-state index in [1.165, 1.54) is 0 Å². The summed E-state index contributed by atoms with van der Waals surface area (Å²) >= 11 is 0. The Kier molecular flexibility index (Phi) is 6.78. The smallest absolute Gasteiger partial charge is 0.387 e. The molecule has 0 amide bonds. The van der Waals surface area contributed by atoms with Gasteiger partial charge in [0.25, 0.3) is 5.56 Å². The molecule has 1 aliphatic heterocycles. The number of nitrogens with zero attached hydrogens (tertiary/aromatic N) is 3. The van der Waals surface area contributed by atoms with Gasteiger partial charge in [-0.25, -0.2) is 18.7 Å². The molecule has 0 bridgehead atoms. The van der Waals surface area contributed by atoms with Gasteiger partial charge < -0.3 is 40.3 Å². The van der Waals surface area contributed by atoms with Gasteiger partial charge in [0, 0.05) is 0 Å². The molecule has 22 heteroatoms. The Labute approximate surface area is 182 Å². The summed E-state index contributed by atoms with van der Waals surface area (Å²) in [7, 11) is -16.8. The van der Waals surface area contributed by atoms with Crippen LogP contribution in [0.15, 0.2) is 11.1 Å². The predicted octanol–water partition coefficient (Wildman–Crippen LogP) is -1.95. The van der Waals surface area contributed by atoms with Gasteiger partial charge in [-0.15, -0.1) is 0 Å². The van der Waals surface area contributed by atoms with E-state index in [4.69, 9.17) is 25.2 Å². The lowest BCUT2D eigenvalue weighted by molar-refractivity contribution is -0.0949. The first kappa shape index (κ1) is 26.1. The van der Waals surface area contributed by atoms with E-state index < -0.39 is 59.7 Å². The Morgan fingerprint density at radius 3 is 2.48 bits per heavy atom. The van der Waals surface area contributed by atoms with E-state index in [2.05, 4.69) is 28.1 Å². The highest BCUT2D eigenvalue weighted by molar-refractivity contribution is 7.66. The van der Waals surface area contributed by atoms with Gasteiger partial charge in [-0.05, 0) is 6.92 Å². The van der Waals surface area contributed by atoms with E-state index in [0.29, 0.717) is 0 Å². The fourth-order valence-corrected chi connectivity index (χ4v) is 5.99. The molecule has 2 aromatic heterocycles. The molecular formula is C11H18N5O14P3. The van der Waals surface area contributed by atoms with Crippen molar-refractivity contribution in [3.63, 3.8) is 0 Å². The summed E-state index contributed by atoms with van der Waals surface area (Å²) in [5.74, 6) is -0.281. The number of aliphatic hydroxyl groups excluding tert-OH is 1. The molecule has 1 aliphatic rings. The zero-order chi connectivity index (χ0) is 25.0. The monoisotopic (exact) mass is 537 g/mol. The van der Waals surface area contributed by atoms with Gasteiger partial charge in [-0.2, -0.15) is 13.6 Å². The lowest BCUT2D eigenvalue weighted by Gasteiger charge is -2.27. The fourth-order valence-electron chi connectivity index (χ4n) is 2.96. The molecule has 0 spiro atoms. The number of ether oxygens (including phenoxy) is 1. The summed E-state index contributed by atoms with van der Waals surface area (Å²) in [6.45, 7) is 0.0931. The Morgan fingerprint density at radius 2 is 1.88 bits per heavy atom. The lowest BCUT2D eigenvalue weighted by atomic mass is 9.96. The van der Waals surface area contributed by atoms with Crippen LogP contribution in [0.3, 0.4) is 0 Å². The summed E-state index contributed by atoms with van der Waals surface area (Å²) in [6, 6.07) is 0. The predicted molar refractivity (Wildman–Crippen MR) is 103 cm³/mol. The van der Waals surface area contributed by atoms with E-state index in [-0.39, 0.29) is 17.1 Å². The molecule has 4 unspecified atom stereocenters. The number of anilines is 1.